The number of hydrogen-bond donors (Lipinski definition) is 1. The van der Waals surface area contributed by atoms with Crippen LogP contribution in [0, 0.1) is 5.92 Å². The first kappa shape index (κ1) is 15.6. The first-order valence-corrected chi connectivity index (χ1v) is 6.45. The summed E-state index contributed by atoms with van der Waals surface area (Å²) in [7, 11) is 0. The minimum atomic E-state index is -0.851. The number of carbonyl (C=O) groups is 1. The van der Waals surface area contributed by atoms with E-state index in [1.54, 1.807) is 4.90 Å². The minimum Gasteiger partial charge on any atom is -0.480 e. The predicted molar refractivity (Wildman–Crippen MR) is 70.7 cm³/mol. The van der Waals surface area contributed by atoms with E-state index in [-0.39, 0.29) is 12.0 Å². The molecule has 0 amide bonds. The van der Waals surface area contributed by atoms with Crippen molar-refractivity contribution >= 4 is 5.97 Å². The second-order valence-corrected chi connectivity index (χ2v) is 6.21. The summed E-state index contributed by atoms with van der Waals surface area (Å²) in [6.45, 7) is 11.1. The van der Waals surface area contributed by atoms with Gasteiger partial charge in [0.1, 0.15) is 0 Å². The lowest BCUT2D eigenvalue weighted by Gasteiger charge is -2.20. The van der Waals surface area contributed by atoms with Gasteiger partial charge in [0.25, 0.3) is 0 Å². The summed E-state index contributed by atoms with van der Waals surface area (Å²) in [5.41, 5.74) is -0.194. The monoisotopic (exact) mass is 269 g/mol. The fraction of sp³-hybridized carbons (Fsp3) is 0.769. The molecule has 1 aromatic heterocycles. The van der Waals surface area contributed by atoms with Crippen LogP contribution in [0.1, 0.15) is 46.4 Å². The van der Waals surface area contributed by atoms with Crippen LogP contribution in [0.25, 0.3) is 0 Å². The van der Waals surface area contributed by atoms with Gasteiger partial charge in [-0.15, -0.1) is 10.2 Å². The predicted octanol–water partition coefficient (Wildman–Crippen LogP) is 1.91. The number of aromatic nitrogens is 2. The Morgan fingerprint density at radius 2 is 2.00 bits per heavy atom. The molecule has 1 aromatic rings. The van der Waals surface area contributed by atoms with Crippen LogP contribution < -0.4 is 0 Å². The van der Waals surface area contributed by atoms with Gasteiger partial charge in [-0.3, -0.25) is 9.69 Å². The fourth-order valence-electron chi connectivity index (χ4n) is 1.70. The third-order valence-electron chi connectivity index (χ3n) is 2.45. The highest BCUT2D eigenvalue weighted by molar-refractivity contribution is 5.69. The van der Waals surface area contributed by atoms with E-state index in [4.69, 9.17) is 9.52 Å². The van der Waals surface area contributed by atoms with Crippen molar-refractivity contribution in [3.8, 4) is 0 Å². The highest BCUT2D eigenvalue weighted by Gasteiger charge is 2.22. The fourth-order valence-corrected chi connectivity index (χ4v) is 1.70. The van der Waals surface area contributed by atoms with Crippen LogP contribution in [-0.4, -0.2) is 39.3 Å². The molecule has 0 aromatic carbocycles. The summed E-state index contributed by atoms with van der Waals surface area (Å²) in [5.74, 6) is 0.565. The lowest BCUT2D eigenvalue weighted by Crippen LogP contribution is -2.32. The van der Waals surface area contributed by atoms with Crippen LogP contribution in [0.2, 0.25) is 0 Å². The number of aliphatic carboxylic acids is 1. The summed E-state index contributed by atoms with van der Waals surface area (Å²) in [4.78, 5) is 12.6. The number of carboxylic acid groups (broad SMARTS) is 1. The van der Waals surface area contributed by atoms with Crippen molar-refractivity contribution in [1.29, 1.82) is 0 Å². The van der Waals surface area contributed by atoms with Crippen molar-refractivity contribution < 1.29 is 14.3 Å². The molecule has 0 radical (unpaired) electrons. The van der Waals surface area contributed by atoms with Crippen LogP contribution in [-0.2, 0) is 16.8 Å². The topological polar surface area (TPSA) is 79.5 Å². The van der Waals surface area contributed by atoms with Gasteiger partial charge < -0.3 is 9.52 Å². The zero-order chi connectivity index (χ0) is 14.6. The second kappa shape index (κ2) is 6.14. The molecule has 0 saturated carbocycles. The quantitative estimate of drug-likeness (QED) is 0.849. The van der Waals surface area contributed by atoms with Crippen molar-refractivity contribution in [3.63, 3.8) is 0 Å². The molecular formula is C13H23N3O3. The third kappa shape index (κ3) is 5.38. The van der Waals surface area contributed by atoms with Crippen molar-refractivity contribution in [2.45, 2.75) is 46.6 Å². The normalized spacial score (nSPS) is 12.4. The Morgan fingerprint density at radius 3 is 2.42 bits per heavy atom. The molecule has 6 heteroatoms. The van der Waals surface area contributed by atoms with E-state index < -0.39 is 5.97 Å². The maximum absolute atomic E-state index is 10.8. The molecule has 0 aliphatic carbocycles. The molecule has 0 unspecified atom stereocenters. The third-order valence-corrected chi connectivity index (χ3v) is 2.45. The molecule has 0 bridgehead atoms. The minimum absolute atomic E-state index is 0.0224. The van der Waals surface area contributed by atoms with E-state index in [9.17, 15) is 4.79 Å². The van der Waals surface area contributed by atoms with Crippen molar-refractivity contribution in [2.75, 3.05) is 13.1 Å². The Morgan fingerprint density at radius 1 is 1.37 bits per heavy atom. The van der Waals surface area contributed by atoms with Gasteiger partial charge in [0.05, 0.1) is 13.1 Å². The number of rotatable bonds is 6. The van der Waals surface area contributed by atoms with Gasteiger partial charge >= 0.3 is 5.97 Å². The number of hydrogen-bond acceptors (Lipinski definition) is 5. The molecule has 6 nitrogen and oxygen atoms in total. The second-order valence-electron chi connectivity index (χ2n) is 6.21. The lowest BCUT2D eigenvalue weighted by atomic mass is 9.97. The van der Waals surface area contributed by atoms with Crippen LogP contribution >= 0.6 is 0 Å². The average molecular weight is 269 g/mol. The summed E-state index contributed by atoms with van der Waals surface area (Å²) < 4.78 is 5.58. The van der Waals surface area contributed by atoms with Crippen LogP contribution in [0.4, 0.5) is 0 Å². The standard InChI is InChI=1S/C13H23N3O3/c1-9(2)6-16(8-11(17)18)7-10-14-15-12(19-10)13(3,4)5/h9H,6-8H2,1-5H3,(H,17,18). The Bertz CT molecular complexity index is 421. The van der Waals surface area contributed by atoms with E-state index in [2.05, 4.69) is 10.2 Å². The van der Waals surface area contributed by atoms with Gasteiger partial charge in [-0.1, -0.05) is 34.6 Å². The van der Waals surface area contributed by atoms with Crippen LogP contribution in [0.5, 0.6) is 0 Å². The van der Waals surface area contributed by atoms with E-state index in [0.29, 0.717) is 30.8 Å². The highest BCUT2D eigenvalue weighted by atomic mass is 16.4. The molecule has 1 N–H and O–H groups in total. The molecule has 0 spiro atoms. The maximum Gasteiger partial charge on any atom is 0.317 e. The maximum atomic E-state index is 10.8. The zero-order valence-corrected chi connectivity index (χ0v) is 12.3. The Labute approximate surface area is 113 Å². The van der Waals surface area contributed by atoms with E-state index in [0.717, 1.165) is 0 Å². The zero-order valence-electron chi connectivity index (χ0n) is 12.3. The van der Waals surface area contributed by atoms with E-state index >= 15 is 0 Å². The van der Waals surface area contributed by atoms with Crippen molar-refractivity contribution in [2.24, 2.45) is 5.92 Å². The Kier molecular flexibility index (Phi) is 5.05. The molecule has 108 valence electrons. The summed E-state index contributed by atoms with van der Waals surface area (Å²) >= 11 is 0. The molecule has 0 fully saturated rings. The van der Waals surface area contributed by atoms with Gasteiger partial charge in [-0.05, 0) is 5.92 Å². The molecule has 0 saturated heterocycles. The largest absolute Gasteiger partial charge is 0.480 e. The number of nitrogens with zero attached hydrogens (tertiary/aromatic N) is 3. The SMILES string of the molecule is CC(C)CN(CC(=O)O)Cc1nnc(C(C)(C)C)o1. The highest BCUT2D eigenvalue weighted by Crippen LogP contribution is 2.20. The van der Waals surface area contributed by atoms with E-state index in [1.807, 2.05) is 34.6 Å². The van der Waals surface area contributed by atoms with Gasteiger partial charge in [-0.2, -0.15) is 0 Å². The lowest BCUT2D eigenvalue weighted by molar-refractivity contribution is -0.138. The molecule has 0 aliphatic heterocycles. The van der Waals surface area contributed by atoms with Crippen molar-refractivity contribution in [3.05, 3.63) is 11.8 Å². The van der Waals surface area contributed by atoms with E-state index in [1.165, 1.54) is 0 Å². The Hall–Kier alpha value is -1.43. The molecule has 1 rings (SSSR count). The van der Waals surface area contributed by atoms with Gasteiger partial charge in [0, 0.05) is 12.0 Å². The summed E-state index contributed by atoms with van der Waals surface area (Å²) in [6, 6.07) is 0. The van der Waals surface area contributed by atoms with Gasteiger partial charge in [-0.25, -0.2) is 0 Å². The molecule has 19 heavy (non-hydrogen) atoms. The summed E-state index contributed by atoms with van der Waals surface area (Å²) in [5, 5.41) is 16.9. The molecule has 0 aliphatic rings. The van der Waals surface area contributed by atoms with Gasteiger partial charge in [0.2, 0.25) is 11.8 Å². The van der Waals surface area contributed by atoms with Gasteiger partial charge in [0.15, 0.2) is 0 Å². The smallest absolute Gasteiger partial charge is 0.317 e. The van der Waals surface area contributed by atoms with Crippen LogP contribution in [0.15, 0.2) is 4.42 Å². The first-order valence-electron chi connectivity index (χ1n) is 6.45. The Balaban J connectivity index is 2.73. The summed E-state index contributed by atoms with van der Waals surface area (Å²) in [6.07, 6.45) is 0. The number of carboxylic acids is 1. The first-order chi connectivity index (χ1) is 8.68. The molecular weight excluding hydrogens is 246 g/mol. The molecule has 0 atom stereocenters. The average Bonchev–Trinajstić information content (AvgIpc) is 2.62. The van der Waals surface area contributed by atoms with Crippen LogP contribution in [0.3, 0.4) is 0 Å². The van der Waals surface area contributed by atoms with Crippen molar-refractivity contribution in [1.82, 2.24) is 15.1 Å². The molecule has 1 heterocycles.